The number of ether oxygens (including phenoxy) is 3. The summed E-state index contributed by atoms with van der Waals surface area (Å²) in [6.07, 6.45) is 11.0. The van der Waals surface area contributed by atoms with Crippen LogP contribution in [0.5, 0.6) is 0 Å². The van der Waals surface area contributed by atoms with Gasteiger partial charge >= 0.3 is 5.97 Å². The van der Waals surface area contributed by atoms with Gasteiger partial charge in [-0.2, -0.15) is 0 Å². The molecule has 5 unspecified atom stereocenters. The van der Waals surface area contributed by atoms with Gasteiger partial charge in [-0.1, -0.05) is 19.8 Å². The number of carbonyl (C=O) groups is 1. The Hall–Kier alpha value is -1.13. The van der Waals surface area contributed by atoms with Gasteiger partial charge in [-0.3, -0.25) is 5.32 Å². The van der Waals surface area contributed by atoms with E-state index in [1.54, 1.807) is 0 Å². The second-order valence-corrected chi connectivity index (χ2v) is 9.98. The molecule has 2 fully saturated rings. The van der Waals surface area contributed by atoms with Crippen LogP contribution in [0, 0.1) is 17.8 Å². The molecule has 0 bridgehead atoms. The van der Waals surface area contributed by atoms with Gasteiger partial charge in [0.25, 0.3) is 0 Å². The Kier molecular flexibility index (Phi) is 12.2. The monoisotopic (exact) mass is 465 g/mol. The highest BCUT2D eigenvalue weighted by molar-refractivity contribution is 5.74. The van der Waals surface area contributed by atoms with Crippen molar-refractivity contribution >= 4 is 5.97 Å². The van der Waals surface area contributed by atoms with Crippen LogP contribution in [-0.4, -0.2) is 47.9 Å². The lowest BCUT2D eigenvalue weighted by atomic mass is 9.75. The van der Waals surface area contributed by atoms with Crippen LogP contribution < -0.4 is 5.32 Å². The molecule has 2 N–H and O–H groups in total. The molecule has 0 spiro atoms. The number of unbranched alkanes of at least 4 members (excludes halogenated alkanes) is 2. The minimum Gasteiger partial charge on any atom is -0.464 e. The maximum atomic E-state index is 12.8. The van der Waals surface area contributed by atoms with Gasteiger partial charge in [0.1, 0.15) is 0 Å². The smallest absolute Gasteiger partial charge is 0.335 e. The zero-order chi connectivity index (χ0) is 24.2. The SMILES string of the molecule is CC#CCCCCC(OC1(NC(CCC)C2CCCC(C)(O)C2)CCCCO1)C(=O)OCC. The molecule has 0 aromatic heterocycles. The van der Waals surface area contributed by atoms with E-state index in [0.29, 0.717) is 32.0 Å². The normalized spacial score (nSPS) is 29.5. The quantitative estimate of drug-likeness (QED) is 0.171. The molecule has 6 nitrogen and oxygen atoms in total. The molecule has 1 saturated heterocycles. The summed E-state index contributed by atoms with van der Waals surface area (Å²) >= 11 is 0. The fourth-order valence-corrected chi connectivity index (χ4v) is 5.24. The Balaban J connectivity index is 2.15. The van der Waals surface area contributed by atoms with E-state index in [2.05, 4.69) is 24.1 Å². The second kappa shape index (κ2) is 14.3. The molecule has 190 valence electrons. The van der Waals surface area contributed by atoms with Crippen molar-refractivity contribution in [3.8, 4) is 11.8 Å². The number of hydrogen-bond donors (Lipinski definition) is 2. The van der Waals surface area contributed by atoms with Crippen LogP contribution in [0.3, 0.4) is 0 Å². The fourth-order valence-electron chi connectivity index (χ4n) is 5.24. The Morgan fingerprint density at radius 3 is 2.67 bits per heavy atom. The molecular formula is C27H47NO5. The number of rotatable bonds is 13. The molecule has 0 radical (unpaired) electrons. The van der Waals surface area contributed by atoms with Crippen LogP contribution in [0.4, 0.5) is 0 Å². The molecule has 0 amide bonds. The van der Waals surface area contributed by atoms with E-state index in [-0.39, 0.29) is 12.0 Å². The minimum absolute atomic E-state index is 0.169. The molecule has 1 aliphatic heterocycles. The Labute approximate surface area is 201 Å². The van der Waals surface area contributed by atoms with Crippen LogP contribution in [-0.2, 0) is 19.0 Å². The van der Waals surface area contributed by atoms with Crippen LogP contribution in [0.2, 0.25) is 0 Å². The lowest BCUT2D eigenvalue weighted by Crippen LogP contribution is -2.60. The van der Waals surface area contributed by atoms with Crippen LogP contribution in [0.15, 0.2) is 0 Å². The molecule has 1 aliphatic carbocycles. The third-order valence-electron chi connectivity index (χ3n) is 6.88. The van der Waals surface area contributed by atoms with Crippen molar-refractivity contribution in [1.29, 1.82) is 0 Å². The van der Waals surface area contributed by atoms with Gasteiger partial charge in [0, 0.05) is 18.9 Å². The van der Waals surface area contributed by atoms with Crippen molar-refractivity contribution in [3.05, 3.63) is 0 Å². The summed E-state index contributed by atoms with van der Waals surface area (Å²) in [5, 5.41) is 14.4. The molecule has 0 aromatic carbocycles. The summed E-state index contributed by atoms with van der Waals surface area (Å²) in [5.41, 5.74) is -0.618. The van der Waals surface area contributed by atoms with Gasteiger partial charge in [-0.15, -0.1) is 11.8 Å². The molecule has 1 saturated carbocycles. The van der Waals surface area contributed by atoms with Gasteiger partial charge in [0.2, 0.25) is 5.91 Å². The van der Waals surface area contributed by atoms with E-state index in [1.807, 2.05) is 20.8 Å². The first kappa shape index (κ1) is 28.1. The first-order valence-corrected chi connectivity index (χ1v) is 13.2. The second-order valence-electron chi connectivity index (χ2n) is 9.98. The topological polar surface area (TPSA) is 77.0 Å². The first-order valence-electron chi connectivity index (χ1n) is 13.2. The van der Waals surface area contributed by atoms with Crippen LogP contribution in [0.25, 0.3) is 0 Å². The molecule has 6 heteroatoms. The molecule has 2 aliphatic rings. The van der Waals surface area contributed by atoms with E-state index in [9.17, 15) is 9.90 Å². The highest BCUT2D eigenvalue weighted by atomic mass is 16.7. The standard InChI is InChI=1S/C27H47NO5/c1-5-8-9-10-11-17-24(25(29)31-7-3)33-27(19-12-13-20-32-27)28-23(15-6-2)22-16-14-18-26(4,30)21-22/h22-24,28,30H,6-7,9-21H2,1-4H3. The number of carbonyl (C=O) groups excluding carboxylic acids is 1. The van der Waals surface area contributed by atoms with E-state index in [0.717, 1.165) is 70.6 Å². The zero-order valence-electron chi connectivity index (χ0n) is 21.4. The summed E-state index contributed by atoms with van der Waals surface area (Å²) in [4.78, 5) is 12.8. The third kappa shape index (κ3) is 9.56. The molecule has 5 atom stereocenters. The predicted molar refractivity (Wildman–Crippen MR) is 130 cm³/mol. The predicted octanol–water partition coefficient (Wildman–Crippen LogP) is 5.07. The van der Waals surface area contributed by atoms with Crippen molar-refractivity contribution in [2.45, 2.75) is 135 Å². The first-order chi connectivity index (χ1) is 15.8. The Morgan fingerprint density at radius 1 is 1.21 bits per heavy atom. The highest BCUT2D eigenvalue weighted by Gasteiger charge is 2.43. The van der Waals surface area contributed by atoms with Crippen molar-refractivity contribution in [2.24, 2.45) is 5.92 Å². The van der Waals surface area contributed by atoms with Crippen molar-refractivity contribution in [2.75, 3.05) is 13.2 Å². The summed E-state index contributed by atoms with van der Waals surface area (Å²) in [6, 6.07) is 0.169. The lowest BCUT2D eigenvalue weighted by Gasteiger charge is -2.45. The Bertz CT molecular complexity index is 632. The van der Waals surface area contributed by atoms with Gasteiger partial charge in [-0.05, 0) is 84.5 Å². The maximum Gasteiger partial charge on any atom is 0.335 e. The van der Waals surface area contributed by atoms with Gasteiger partial charge in [0.05, 0.1) is 18.8 Å². The molecule has 2 rings (SSSR count). The minimum atomic E-state index is -0.984. The molecule has 33 heavy (non-hydrogen) atoms. The Morgan fingerprint density at radius 2 is 2.03 bits per heavy atom. The van der Waals surface area contributed by atoms with Crippen molar-refractivity contribution in [1.82, 2.24) is 5.32 Å². The number of aliphatic hydroxyl groups is 1. The molecule has 0 aromatic rings. The largest absolute Gasteiger partial charge is 0.464 e. The average molecular weight is 466 g/mol. The van der Waals surface area contributed by atoms with Gasteiger partial charge < -0.3 is 19.3 Å². The summed E-state index contributed by atoms with van der Waals surface area (Å²) in [7, 11) is 0. The average Bonchev–Trinajstić information content (AvgIpc) is 2.78. The van der Waals surface area contributed by atoms with E-state index in [1.165, 1.54) is 0 Å². The third-order valence-corrected chi connectivity index (χ3v) is 6.88. The van der Waals surface area contributed by atoms with E-state index in [4.69, 9.17) is 14.2 Å². The molecular weight excluding hydrogens is 418 g/mol. The number of esters is 1. The van der Waals surface area contributed by atoms with Crippen molar-refractivity contribution < 1.29 is 24.1 Å². The van der Waals surface area contributed by atoms with Crippen molar-refractivity contribution in [3.63, 3.8) is 0 Å². The summed E-state index contributed by atoms with van der Waals surface area (Å²) in [6.45, 7) is 8.74. The summed E-state index contributed by atoms with van der Waals surface area (Å²) < 4.78 is 18.1. The maximum absolute atomic E-state index is 12.8. The van der Waals surface area contributed by atoms with E-state index >= 15 is 0 Å². The van der Waals surface area contributed by atoms with Gasteiger partial charge in [0.15, 0.2) is 6.10 Å². The number of nitrogens with one attached hydrogen (secondary N) is 1. The number of hydrogen-bond acceptors (Lipinski definition) is 6. The van der Waals surface area contributed by atoms with Crippen LogP contribution >= 0.6 is 0 Å². The van der Waals surface area contributed by atoms with Gasteiger partial charge in [-0.25, -0.2) is 4.79 Å². The van der Waals surface area contributed by atoms with E-state index < -0.39 is 17.6 Å². The zero-order valence-corrected chi connectivity index (χ0v) is 21.4. The lowest BCUT2D eigenvalue weighted by molar-refractivity contribution is -0.299. The fraction of sp³-hybridized carbons (Fsp3) is 0.889. The van der Waals surface area contributed by atoms with Crippen LogP contribution in [0.1, 0.15) is 111 Å². The summed E-state index contributed by atoms with van der Waals surface area (Å²) in [5.74, 6) is 5.06. The highest BCUT2D eigenvalue weighted by Crippen LogP contribution is 2.37. The molecule has 1 heterocycles.